The molecule has 134 valence electrons. The number of sulfonamides is 1. The summed E-state index contributed by atoms with van der Waals surface area (Å²) in [5.74, 6) is -0.362. The van der Waals surface area contributed by atoms with E-state index in [0.717, 1.165) is 16.3 Å². The van der Waals surface area contributed by atoms with Crippen LogP contribution in [-0.2, 0) is 14.8 Å². The fourth-order valence-electron chi connectivity index (χ4n) is 2.58. The van der Waals surface area contributed by atoms with Crippen LogP contribution in [0, 0.1) is 6.92 Å². The predicted octanol–water partition coefficient (Wildman–Crippen LogP) is 3.94. The second-order valence-corrected chi connectivity index (χ2v) is 8.49. The first-order chi connectivity index (χ1) is 11.7. The molecule has 0 aliphatic heterocycles. The molecule has 1 atom stereocenters. The highest BCUT2D eigenvalue weighted by molar-refractivity contribution is 9.10. The van der Waals surface area contributed by atoms with Crippen LogP contribution in [0.15, 0.2) is 53.0 Å². The van der Waals surface area contributed by atoms with Gasteiger partial charge in [0.25, 0.3) is 0 Å². The van der Waals surface area contributed by atoms with Crippen LogP contribution in [0.3, 0.4) is 0 Å². The Labute approximate surface area is 157 Å². The zero-order chi connectivity index (χ0) is 18.6. The van der Waals surface area contributed by atoms with Crippen molar-refractivity contribution in [3.8, 4) is 0 Å². The van der Waals surface area contributed by atoms with E-state index in [4.69, 9.17) is 0 Å². The van der Waals surface area contributed by atoms with Gasteiger partial charge < -0.3 is 5.32 Å². The molecular formula is C18H21BrN2O3S. The third kappa shape index (κ3) is 4.83. The molecule has 0 bridgehead atoms. The number of carbonyl (C=O) groups is 1. The Bertz CT molecular complexity index is 854. The highest BCUT2D eigenvalue weighted by atomic mass is 79.9. The third-order valence-electron chi connectivity index (χ3n) is 3.77. The van der Waals surface area contributed by atoms with Crippen molar-refractivity contribution in [1.29, 1.82) is 0 Å². The van der Waals surface area contributed by atoms with Crippen LogP contribution in [0.4, 0.5) is 11.4 Å². The lowest BCUT2D eigenvalue weighted by Crippen LogP contribution is -2.46. The molecule has 0 heterocycles. The molecule has 1 N–H and O–H groups in total. The summed E-state index contributed by atoms with van der Waals surface area (Å²) in [6, 6.07) is 13.3. The Morgan fingerprint density at radius 3 is 2.36 bits per heavy atom. The first-order valence-corrected chi connectivity index (χ1v) is 10.5. The molecular weight excluding hydrogens is 404 g/mol. The normalized spacial score (nSPS) is 12.5. The summed E-state index contributed by atoms with van der Waals surface area (Å²) in [4.78, 5) is 12.8. The second-order valence-electron chi connectivity index (χ2n) is 5.77. The fourth-order valence-corrected chi connectivity index (χ4v) is 4.04. The molecule has 0 saturated carbocycles. The van der Waals surface area contributed by atoms with Crippen molar-refractivity contribution in [2.75, 3.05) is 15.9 Å². The van der Waals surface area contributed by atoms with E-state index in [1.54, 1.807) is 43.3 Å². The number of hydrogen-bond acceptors (Lipinski definition) is 3. The Morgan fingerprint density at radius 1 is 1.20 bits per heavy atom. The van der Waals surface area contributed by atoms with E-state index < -0.39 is 16.1 Å². The van der Waals surface area contributed by atoms with Gasteiger partial charge in [-0.2, -0.15) is 0 Å². The monoisotopic (exact) mass is 424 g/mol. The lowest BCUT2D eigenvalue weighted by atomic mass is 10.1. The largest absolute Gasteiger partial charge is 0.324 e. The van der Waals surface area contributed by atoms with E-state index in [0.29, 0.717) is 17.8 Å². The number of para-hydroxylation sites is 1. The van der Waals surface area contributed by atoms with Gasteiger partial charge in [-0.1, -0.05) is 41.1 Å². The van der Waals surface area contributed by atoms with Crippen molar-refractivity contribution in [2.24, 2.45) is 0 Å². The van der Waals surface area contributed by atoms with Gasteiger partial charge in [0, 0.05) is 10.2 Å². The summed E-state index contributed by atoms with van der Waals surface area (Å²) >= 11 is 3.42. The van der Waals surface area contributed by atoms with Crippen molar-refractivity contribution in [3.63, 3.8) is 0 Å². The zero-order valence-electron chi connectivity index (χ0n) is 14.4. The molecule has 0 aliphatic carbocycles. The van der Waals surface area contributed by atoms with Crippen molar-refractivity contribution in [2.45, 2.75) is 26.3 Å². The molecule has 0 saturated heterocycles. The van der Waals surface area contributed by atoms with Gasteiger partial charge in [0.1, 0.15) is 6.04 Å². The van der Waals surface area contributed by atoms with Crippen molar-refractivity contribution in [3.05, 3.63) is 58.6 Å². The van der Waals surface area contributed by atoms with Crippen molar-refractivity contribution >= 4 is 43.2 Å². The lowest BCUT2D eigenvalue weighted by molar-refractivity contribution is -0.117. The van der Waals surface area contributed by atoms with E-state index in [-0.39, 0.29) is 5.91 Å². The number of rotatable bonds is 6. The molecule has 0 fully saturated rings. The number of amides is 1. The van der Waals surface area contributed by atoms with Crippen LogP contribution in [0.5, 0.6) is 0 Å². The van der Waals surface area contributed by atoms with E-state index in [1.807, 2.05) is 19.1 Å². The number of anilines is 2. The van der Waals surface area contributed by atoms with E-state index in [9.17, 15) is 13.2 Å². The summed E-state index contributed by atoms with van der Waals surface area (Å²) in [7, 11) is -3.62. The third-order valence-corrected chi connectivity index (χ3v) is 5.84. The molecule has 1 unspecified atom stereocenters. The average molecular weight is 425 g/mol. The number of benzene rings is 2. The van der Waals surface area contributed by atoms with E-state index >= 15 is 0 Å². The molecule has 0 spiro atoms. The van der Waals surface area contributed by atoms with Crippen LogP contribution >= 0.6 is 15.9 Å². The predicted molar refractivity (Wildman–Crippen MR) is 105 cm³/mol. The Hall–Kier alpha value is -1.86. The van der Waals surface area contributed by atoms with Gasteiger partial charge in [0.2, 0.25) is 15.9 Å². The first-order valence-electron chi connectivity index (χ1n) is 7.85. The average Bonchev–Trinajstić information content (AvgIpc) is 2.55. The number of halogens is 1. The molecule has 25 heavy (non-hydrogen) atoms. The fraction of sp³-hybridized carbons (Fsp3) is 0.278. The minimum Gasteiger partial charge on any atom is -0.324 e. The Morgan fingerprint density at radius 2 is 1.84 bits per heavy atom. The summed E-state index contributed by atoms with van der Waals surface area (Å²) in [6.07, 6.45) is 1.46. The first kappa shape index (κ1) is 19.5. The summed E-state index contributed by atoms with van der Waals surface area (Å²) in [5, 5.41) is 2.82. The number of carbonyl (C=O) groups excluding carboxylic acids is 1. The summed E-state index contributed by atoms with van der Waals surface area (Å²) in [6.45, 7) is 3.71. The van der Waals surface area contributed by atoms with Crippen molar-refractivity contribution < 1.29 is 13.2 Å². The number of aryl methyl sites for hydroxylation is 1. The van der Waals surface area contributed by atoms with Crippen LogP contribution in [-0.4, -0.2) is 26.6 Å². The van der Waals surface area contributed by atoms with E-state index in [1.165, 1.54) is 4.31 Å². The number of nitrogens with zero attached hydrogens (tertiary/aromatic N) is 1. The van der Waals surface area contributed by atoms with Crippen LogP contribution in [0.1, 0.15) is 18.9 Å². The van der Waals surface area contributed by atoms with Crippen LogP contribution in [0.25, 0.3) is 0 Å². The second kappa shape index (κ2) is 8.01. The SMILES string of the molecule is CCC(C(=O)Nc1ccc(Br)c(C)c1)N(c1ccccc1)S(C)(=O)=O. The molecule has 0 aromatic heterocycles. The lowest BCUT2D eigenvalue weighted by Gasteiger charge is -2.30. The van der Waals surface area contributed by atoms with Crippen LogP contribution < -0.4 is 9.62 Å². The maximum Gasteiger partial charge on any atom is 0.248 e. The number of nitrogens with one attached hydrogen (secondary N) is 1. The molecule has 2 aromatic carbocycles. The minimum atomic E-state index is -3.62. The molecule has 2 aromatic rings. The van der Waals surface area contributed by atoms with Gasteiger partial charge in [-0.3, -0.25) is 9.10 Å². The van der Waals surface area contributed by atoms with Crippen molar-refractivity contribution in [1.82, 2.24) is 0 Å². The summed E-state index contributed by atoms with van der Waals surface area (Å²) < 4.78 is 26.8. The van der Waals surface area contributed by atoms with Gasteiger partial charge in [-0.25, -0.2) is 8.42 Å². The molecule has 0 aliphatic rings. The van der Waals surface area contributed by atoms with Gasteiger partial charge in [-0.05, 0) is 49.2 Å². The highest BCUT2D eigenvalue weighted by Crippen LogP contribution is 2.24. The van der Waals surface area contributed by atoms with Gasteiger partial charge in [0.05, 0.1) is 11.9 Å². The maximum absolute atomic E-state index is 12.8. The highest BCUT2D eigenvalue weighted by Gasteiger charge is 2.31. The smallest absolute Gasteiger partial charge is 0.248 e. The molecule has 7 heteroatoms. The maximum atomic E-state index is 12.8. The summed E-state index contributed by atoms with van der Waals surface area (Å²) in [5.41, 5.74) is 2.08. The topological polar surface area (TPSA) is 66.5 Å². The van der Waals surface area contributed by atoms with Crippen LogP contribution in [0.2, 0.25) is 0 Å². The Kier molecular flexibility index (Phi) is 6.24. The molecule has 2 rings (SSSR count). The quantitative estimate of drug-likeness (QED) is 0.763. The minimum absolute atomic E-state index is 0.351. The zero-order valence-corrected chi connectivity index (χ0v) is 16.8. The van der Waals surface area contributed by atoms with E-state index in [2.05, 4.69) is 21.2 Å². The van der Waals surface area contributed by atoms with Gasteiger partial charge >= 0.3 is 0 Å². The molecule has 0 radical (unpaired) electrons. The standard InChI is InChI=1S/C18H21BrN2O3S/c1-4-17(18(22)20-14-10-11-16(19)13(2)12-14)21(25(3,23)24)15-8-6-5-7-9-15/h5-12,17H,4H2,1-3H3,(H,20,22). The number of hydrogen-bond donors (Lipinski definition) is 1. The molecule has 1 amide bonds. The Balaban J connectivity index is 2.34. The van der Waals surface area contributed by atoms with Gasteiger partial charge in [-0.15, -0.1) is 0 Å². The molecule has 5 nitrogen and oxygen atoms in total. The van der Waals surface area contributed by atoms with Gasteiger partial charge in [0.15, 0.2) is 0 Å².